The Morgan fingerprint density at radius 3 is 1.20 bits per heavy atom. The van der Waals surface area contributed by atoms with Crippen molar-refractivity contribution in [2.75, 3.05) is 9.80 Å². The summed E-state index contributed by atoms with van der Waals surface area (Å²) >= 11 is 0. The molecule has 18 rings (SSSR count). The molecule has 0 unspecified atom stereocenters. The number of hydrogen-bond acceptors (Lipinski definition) is 4. The van der Waals surface area contributed by atoms with Crippen LogP contribution in [0.15, 0.2) is 300 Å². The van der Waals surface area contributed by atoms with Crippen LogP contribution in [0.25, 0.3) is 88.0 Å². The minimum Gasteiger partial charge on any atom is -0.453 e. The standard InChI is InChI=1S/C87H66N2O2/c1-5-27-61(28-6-1)68-37-19-39-72-74-41-21-43-79(85(74)90-83(68)72)88(65-49-45-59(46-50-65)57-23-13-14-24-57)67-53-54-76-77(55-67)87(63-31-9-3-10-32-63,64-33-11-4-12-34-64)78-56-81(70-35-17-18-36-71(70)82(76)78)89(66-51-47-60(48-52-66)58-25-15-16-26-58)80-44-22-42-75-73-40-20-38-69(84(73)91-86(75)80)62-29-7-2-8-30-62/h1-12,17-22,27-58H,13-16,23-26H2. The quantitative estimate of drug-likeness (QED) is 0.122. The highest BCUT2D eigenvalue weighted by Gasteiger charge is 2.48. The number of furan rings is 2. The molecule has 0 radical (unpaired) electrons. The number of nitrogens with zero attached hydrogens (tertiary/aromatic N) is 2. The minimum absolute atomic E-state index is 0.575. The molecule has 2 heterocycles. The number of anilines is 6. The van der Waals surface area contributed by atoms with Gasteiger partial charge in [0.25, 0.3) is 0 Å². The van der Waals surface area contributed by atoms with E-state index in [1.807, 2.05) is 0 Å². The van der Waals surface area contributed by atoms with Crippen LogP contribution >= 0.6 is 0 Å². The number of hydrogen-bond donors (Lipinski definition) is 0. The summed E-state index contributed by atoms with van der Waals surface area (Å²) in [5.41, 5.74) is 23.5. The largest absolute Gasteiger partial charge is 0.453 e. The molecule has 0 spiro atoms. The molecule has 2 saturated carbocycles. The van der Waals surface area contributed by atoms with Gasteiger partial charge in [-0.2, -0.15) is 0 Å². The zero-order valence-electron chi connectivity index (χ0n) is 50.7. The van der Waals surface area contributed by atoms with Crippen molar-refractivity contribution in [1.82, 2.24) is 0 Å². The van der Waals surface area contributed by atoms with Gasteiger partial charge in [0, 0.05) is 55.1 Å². The summed E-state index contributed by atoms with van der Waals surface area (Å²) in [5, 5.41) is 6.70. The van der Waals surface area contributed by atoms with Gasteiger partial charge in [-0.25, -0.2) is 0 Å². The molecule has 4 nitrogen and oxygen atoms in total. The lowest BCUT2D eigenvalue weighted by atomic mass is 9.67. The molecule has 0 bridgehead atoms. The van der Waals surface area contributed by atoms with E-state index in [0.29, 0.717) is 11.8 Å². The highest BCUT2D eigenvalue weighted by atomic mass is 16.3. The molecule has 91 heavy (non-hydrogen) atoms. The molecular weight excluding hydrogens is 1100 g/mol. The van der Waals surface area contributed by atoms with Crippen molar-refractivity contribution in [3.63, 3.8) is 0 Å². The second-order valence-corrected chi connectivity index (χ2v) is 25.5. The summed E-state index contributed by atoms with van der Waals surface area (Å²) in [6.07, 6.45) is 10.1. The molecular formula is C87H66N2O2. The topological polar surface area (TPSA) is 32.8 Å². The van der Waals surface area contributed by atoms with Gasteiger partial charge in [0.2, 0.25) is 0 Å². The predicted octanol–water partition coefficient (Wildman–Crippen LogP) is 24.6. The van der Waals surface area contributed by atoms with Gasteiger partial charge in [0.15, 0.2) is 11.2 Å². The zero-order chi connectivity index (χ0) is 60.0. The molecule has 3 aliphatic rings. The maximum Gasteiger partial charge on any atom is 0.159 e. The van der Waals surface area contributed by atoms with Gasteiger partial charge in [0.05, 0.1) is 22.5 Å². The van der Waals surface area contributed by atoms with Gasteiger partial charge in [0.1, 0.15) is 11.2 Å². The van der Waals surface area contributed by atoms with Gasteiger partial charge in [-0.15, -0.1) is 0 Å². The van der Waals surface area contributed by atoms with E-state index in [-0.39, 0.29) is 0 Å². The Hall–Kier alpha value is -10.7. The first-order valence-electron chi connectivity index (χ1n) is 32.8. The lowest BCUT2D eigenvalue weighted by molar-refractivity contribution is 0.670. The third kappa shape index (κ3) is 8.56. The Morgan fingerprint density at radius 1 is 0.286 bits per heavy atom. The fraction of sp³-hybridized carbons (Fsp3) is 0.126. The first-order chi connectivity index (χ1) is 45.2. The van der Waals surface area contributed by atoms with Crippen LogP contribution in [0.2, 0.25) is 0 Å². The third-order valence-corrected chi connectivity index (χ3v) is 20.6. The summed E-state index contributed by atoms with van der Waals surface area (Å²) < 4.78 is 14.7. The predicted molar refractivity (Wildman–Crippen MR) is 378 cm³/mol. The Morgan fingerprint density at radius 2 is 0.692 bits per heavy atom. The normalized spacial score (nSPS) is 14.7. The van der Waals surface area contributed by atoms with Crippen molar-refractivity contribution in [2.45, 2.75) is 68.6 Å². The molecule has 0 N–H and O–H groups in total. The third-order valence-electron chi connectivity index (χ3n) is 20.6. The van der Waals surface area contributed by atoms with Crippen molar-refractivity contribution < 1.29 is 8.83 Å². The summed E-state index contributed by atoms with van der Waals surface area (Å²) in [4.78, 5) is 4.98. The molecule has 0 saturated heterocycles. The highest BCUT2D eigenvalue weighted by Crippen LogP contribution is 2.61. The van der Waals surface area contributed by atoms with Gasteiger partial charge in [-0.1, -0.05) is 262 Å². The molecule has 15 aromatic rings. The van der Waals surface area contributed by atoms with Crippen molar-refractivity contribution in [3.8, 4) is 33.4 Å². The first kappa shape index (κ1) is 53.4. The van der Waals surface area contributed by atoms with Crippen LogP contribution in [0, 0.1) is 0 Å². The molecule has 3 aliphatic carbocycles. The van der Waals surface area contributed by atoms with Crippen LogP contribution < -0.4 is 9.80 Å². The van der Waals surface area contributed by atoms with E-state index < -0.39 is 5.41 Å². The molecule has 4 heteroatoms. The summed E-state index contributed by atoms with van der Waals surface area (Å²) in [6, 6.07) is 108. The fourth-order valence-corrected chi connectivity index (χ4v) is 16.4. The molecule has 436 valence electrons. The van der Waals surface area contributed by atoms with Crippen molar-refractivity contribution in [3.05, 3.63) is 325 Å². The van der Waals surface area contributed by atoms with E-state index >= 15 is 0 Å². The molecule has 0 aliphatic heterocycles. The van der Waals surface area contributed by atoms with Crippen LogP contribution in [0.5, 0.6) is 0 Å². The smallest absolute Gasteiger partial charge is 0.159 e. The van der Waals surface area contributed by atoms with Gasteiger partial charge >= 0.3 is 0 Å². The van der Waals surface area contributed by atoms with Crippen LogP contribution in [0.3, 0.4) is 0 Å². The maximum absolute atomic E-state index is 7.39. The number of rotatable bonds is 12. The van der Waals surface area contributed by atoms with Crippen LogP contribution in [-0.4, -0.2) is 0 Å². The average Bonchev–Trinajstić information content (AvgIpc) is 1.56. The summed E-state index contributed by atoms with van der Waals surface area (Å²) in [6.45, 7) is 0. The first-order valence-corrected chi connectivity index (χ1v) is 32.8. The number of para-hydroxylation sites is 4. The lowest BCUT2D eigenvalue weighted by Crippen LogP contribution is -2.29. The van der Waals surface area contributed by atoms with Crippen LogP contribution in [-0.2, 0) is 5.41 Å². The van der Waals surface area contributed by atoms with E-state index in [1.54, 1.807) is 0 Å². The molecule has 13 aromatic carbocycles. The Balaban J connectivity index is 0.901. The Kier molecular flexibility index (Phi) is 12.8. The molecule has 2 aromatic heterocycles. The number of fused-ring (bicyclic) bond motifs is 11. The monoisotopic (exact) mass is 1170 g/mol. The van der Waals surface area contributed by atoms with E-state index in [2.05, 4.69) is 301 Å². The second-order valence-electron chi connectivity index (χ2n) is 25.5. The van der Waals surface area contributed by atoms with Gasteiger partial charge < -0.3 is 18.6 Å². The molecule has 2 fully saturated rings. The van der Waals surface area contributed by atoms with E-state index in [0.717, 1.165) is 106 Å². The van der Waals surface area contributed by atoms with Crippen molar-refractivity contribution in [2.24, 2.45) is 0 Å². The zero-order valence-corrected chi connectivity index (χ0v) is 50.7. The van der Waals surface area contributed by atoms with E-state index in [4.69, 9.17) is 8.83 Å². The summed E-state index contributed by atoms with van der Waals surface area (Å²) in [7, 11) is 0. The SMILES string of the molecule is c1ccc(-c2cccc3c2oc2c(N(c4ccc(C5CCCC5)cc4)c4ccc5c(c4)C(c4ccccc4)(c4ccccc4)c4cc(N(c6ccc(C7CCCC7)cc6)c6cccc7c6oc6c(-c8ccccc8)cccc67)c6ccccc6c4-5)cccc23)cc1. The highest BCUT2D eigenvalue weighted by molar-refractivity contribution is 6.17. The Labute approximate surface area is 530 Å². The van der Waals surface area contributed by atoms with Gasteiger partial charge in [-0.05, 0) is 153 Å². The fourth-order valence-electron chi connectivity index (χ4n) is 16.4. The van der Waals surface area contributed by atoms with Crippen LogP contribution in [0.4, 0.5) is 34.1 Å². The maximum atomic E-state index is 7.39. The Bertz CT molecular complexity index is 5190. The lowest BCUT2D eigenvalue weighted by Gasteiger charge is -2.36. The molecule has 0 atom stereocenters. The average molecular weight is 1170 g/mol. The minimum atomic E-state index is -0.802. The van der Waals surface area contributed by atoms with E-state index in [1.165, 1.54) is 101 Å². The van der Waals surface area contributed by atoms with Crippen LogP contribution in [0.1, 0.15) is 96.6 Å². The van der Waals surface area contributed by atoms with Gasteiger partial charge in [-0.3, -0.25) is 0 Å². The summed E-state index contributed by atoms with van der Waals surface area (Å²) in [5.74, 6) is 1.16. The molecule has 0 amide bonds. The number of benzene rings is 13. The van der Waals surface area contributed by atoms with Crippen molar-refractivity contribution >= 4 is 88.8 Å². The van der Waals surface area contributed by atoms with Crippen molar-refractivity contribution in [1.29, 1.82) is 0 Å². The van der Waals surface area contributed by atoms with E-state index in [9.17, 15) is 0 Å². The second kappa shape index (κ2) is 21.8.